The Morgan fingerprint density at radius 1 is 0.432 bits per heavy atom. The summed E-state index contributed by atoms with van der Waals surface area (Å²) in [6, 6.07) is 0. The van der Waals surface area contributed by atoms with Crippen LogP contribution in [-0.4, -0.2) is 158 Å². The van der Waals surface area contributed by atoms with Gasteiger partial charge in [-0.25, -0.2) is 0 Å². The van der Waals surface area contributed by atoms with Gasteiger partial charge in [0.05, 0.1) is 25.2 Å². The van der Waals surface area contributed by atoms with Gasteiger partial charge in [0.25, 0.3) is 7.82 Å². The molecular formula is C73H118O21P-3. The van der Waals surface area contributed by atoms with Gasteiger partial charge in [-0.2, -0.15) is 0 Å². The SMILES string of the molecule is C/C(=C/CC/C(C)=C\CC/C(C)=C\CC/C(C)=C\CCC(C)CCOP(=O)([O-])O[C@H]1O[C@H](CO)[C@@H](O[C@@H]2O[C@H](C(=O)[O-])[C@@H](O[C@@H]3O[C@H](C(=O)[O-])[C@@H](O)[C@H](O)[C@H]3O)[C@H](O)[C@H]2O)[C@H](O)[C@H]1O)CC/C=C(/C)CC/C=C(/C)CC/C=C(/C)CC/C=C(\C)CC/C=C(\C)CCCC(C)C. The highest BCUT2D eigenvalue weighted by atomic mass is 31.2. The van der Waals surface area contributed by atoms with Crippen molar-refractivity contribution in [2.45, 2.75) is 316 Å². The van der Waals surface area contributed by atoms with Crippen molar-refractivity contribution in [1.29, 1.82) is 0 Å². The molecule has 2 unspecified atom stereocenters. The molecule has 3 fully saturated rings. The van der Waals surface area contributed by atoms with E-state index in [2.05, 4.69) is 131 Å². The predicted octanol–water partition coefficient (Wildman–Crippen LogP) is 8.84. The maximum Gasteiger partial charge on any atom is 0.270 e. The van der Waals surface area contributed by atoms with Gasteiger partial charge in [0.15, 0.2) is 18.9 Å². The summed E-state index contributed by atoms with van der Waals surface area (Å²) in [6.07, 6.45) is 11.3. The van der Waals surface area contributed by atoms with Gasteiger partial charge in [0, 0.05) is 0 Å². The molecule has 8 N–H and O–H groups in total. The summed E-state index contributed by atoms with van der Waals surface area (Å²) in [5.74, 6) is -3.34. The Bertz CT molecular complexity index is 2630. The average Bonchev–Trinajstić information content (AvgIpc) is 0.779. The Balaban J connectivity index is 1.29. The zero-order chi connectivity index (χ0) is 71.0. The van der Waals surface area contributed by atoms with E-state index < -0.39 is 118 Å². The largest absolute Gasteiger partial charge is 0.756 e. The van der Waals surface area contributed by atoms with Crippen molar-refractivity contribution in [2.75, 3.05) is 13.2 Å². The number of carboxylic acid groups (broad SMARTS) is 2. The summed E-state index contributed by atoms with van der Waals surface area (Å²) >= 11 is 0. The molecule has 22 heteroatoms. The van der Waals surface area contributed by atoms with Gasteiger partial charge in [-0.05, 0) is 209 Å². The maximum absolute atomic E-state index is 12.9. The third-order valence-electron chi connectivity index (χ3n) is 17.8. The lowest BCUT2D eigenvalue weighted by atomic mass is 9.96. The molecule has 3 aliphatic heterocycles. The number of carbonyl (C=O) groups excluding carboxylic acids is 2. The molecule has 0 radical (unpaired) electrons. The maximum atomic E-state index is 12.9. The van der Waals surface area contributed by atoms with Gasteiger partial charge in [0.1, 0.15) is 73.2 Å². The number of hydrogen-bond donors (Lipinski definition) is 8. The van der Waals surface area contributed by atoms with Gasteiger partial charge in [-0.15, -0.1) is 0 Å². The molecule has 3 saturated heterocycles. The number of phosphoric ester groups is 1. The molecule has 17 atom stereocenters. The lowest BCUT2D eigenvalue weighted by molar-refractivity contribution is -0.392. The van der Waals surface area contributed by atoms with E-state index in [1.807, 2.05) is 6.92 Å². The Kier molecular flexibility index (Phi) is 40.5. The van der Waals surface area contributed by atoms with Crippen LogP contribution in [0.4, 0.5) is 0 Å². The van der Waals surface area contributed by atoms with Crippen molar-refractivity contribution in [1.82, 2.24) is 0 Å². The van der Waals surface area contributed by atoms with Crippen molar-refractivity contribution in [3.05, 3.63) is 105 Å². The number of hydrogen-bond acceptors (Lipinski definition) is 21. The number of aliphatic carboxylic acids is 2. The van der Waals surface area contributed by atoms with Crippen molar-refractivity contribution < 1.29 is 103 Å². The molecule has 544 valence electrons. The molecule has 21 nitrogen and oxygen atoms in total. The highest BCUT2D eigenvalue weighted by molar-refractivity contribution is 7.45. The van der Waals surface area contributed by atoms with E-state index in [0.29, 0.717) is 6.42 Å². The molecular weight excluding hydrogens is 1240 g/mol. The van der Waals surface area contributed by atoms with Crippen LogP contribution < -0.4 is 15.1 Å². The summed E-state index contributed by atoms with van der Waals surface area (Å²) in [4.78, 5) is 36.5. The number of aliphatic hydroxyl groups excluding tert-OH is 8. The number of carboxylic acids is 2. The van der Waals surface area contributed by atoms with Gasteiger partial charge in [0.2, 0.25) is 0 Å². The van der Waals surface area contributed by atoms with Gasteiger partial charge in [-0.1, -0.05) is 132 Å². The van der Waals surface area contributed by atoms with E-state index in [0.717, 1.165) is 121 Å². The molecule has 0 aromatic carbocycles. The van der Waals surface area contributed by atoms with Crippen LogP contribution in [0.2, 0.25) is 0 Å². The topological polar surface area (TPSA) is 347 Å². The minimum Gasteiger partial charge on any atom is -0.756 e. The molecule has 95 heavy (non-hydrogen) atoms. The number of carbonyl (C=O) groups is 2. The highest BCUT2D eigenvalue weighted by Gasteiger charge is 2.54. The number of phosphoric acid groups is 1. The van der Waals surface area contributed by atoms with Crippen molar-refractivity contribution in [3.63, 3.8) is 0 Å². The first kappa shape index (κ1) is 85.4. The number of rotatable bonds is 44. The molecule has 0 saturated carbocycles. The Morgan fingerprint density at radius 3 is 1.15 bits per heavy atom. The summed E-state index contributed by atoms with van der Waals surface area (Å²) < 4.78 is 49.1. The predicted molar refractivity (Wildman–Crippen MR) is 359 cm³/mol. The molecule has 3 aliphatic rings. The number of allylic oxidation sites excluding steroid dienone is 18. The molecule has 3 rings (SSSR count). The van der Waals surface area contributed by atoms with E-state index in [9.17, 15) is 70.1 Å². The highest BCUT2D eigenvalue weighted by Crippen LogP contribution is 2.43. The minimum absolute atomic E-state index is 0.0425. The lowest BCUT2D eigenvalue weighted by Gasteiger charge is -2.48. The fourth-order valence-corrected chi connectivity index (χ4v) is 12.2. The molecule has 0 amide bonds. The normalized spacial score (nSPS) is 29.3. The summed E-state index contributed by atoms with van der Waals surface area (Å²) in [7, 11) is -5.23. The summed E-state index contributed by atoms with van der Waals surface area (Å²) in [5, 5.41) is 108. The lowest BCUT2D eigenvalue weighted by Crippen LogP contribution is -2.68. The van der Waals surface area contributed by atoms with Crippen LogP contribution in [0, 0.1) is 11.8 Å². The molecule has 0 bridgehead atoms. The van der Waals surface area contributed by atoms with E-state index in [1.54, 1.807) is 5.57 Å². The zero-order valence-corrected chi connectivity index (χ0v) is 59.7. The van der Waals surface area contributed by atoms with E-state index in [1.165, 1.54) is 63.8 Å². The first-order valence-electron chi connectivity index (χ1n) is 34.4. The fraction of sp³-hybridized carbons (Fsp3) is 0.726. The molecule has 3 heterocycles. The Hall–Kier alpha value is -3.81. The third-order valence-corrected chi connectivity index (χ3v) is 18.8. The first-order chi connectivity index (χ1) is 44.8. The Morgan fingerprint density at radius 2 is 0.768 bits per heavy atom. The molecule has 0 spiro atoms. The van der Waals surface area contributed by atoms with Crippen LogP contribution in [0.3, 0.4) is 0 Å². The smallest absolute Gasteiger partial charge is 0.270 e. The van der Waals surface area contributed by atoms with Gasteiger partial charge in [-0.3, -0.25) is 9.09 Å². The second-order valence-corrected chi connectivity index (χ2v) is 28.6. The van der Waals surface area contributed by atoms with Crippen LogP contribution in [0.25, 0.3) is 0 Å². The molecule has 0 aromatic rings. The Labute approximate surface area is 566 Å². The number of aliphatic hydroxyl groups is 8. The zero-order valence-electron chi connectivity index (χ0n) is 58.8. The van der Waals surface area contributed by atoms with Crippen LogP contribution in [-0.2, 0) is 46.9 Å². The van der Waals surface area contributed by atoms with E-state index in [-0.39, 0.29) is 12.5 Å². The second kappa shape index (κ2) is 45.1. The van der Waals surface area contributed by atoms with Crippen molar-refractivity contribution in [2.24, 2.45) is 11.8 Å². The second-order valence-electron chi connectivity index (χ2n) is 27.3. The average molecular weight is 1360 g/mol. The van der Waals surface area contributed by atoms with Crippen LogP contribution in [0.1, 0.15) is 224 Å². The fourth-order valence-electron chi connectivity index (χ4n) is 11.4. The summed E-state index contributed by atoms with van der Waals surface area (Å²) in [6.45, 7) is 25.3. The van der Waals surface area contributed by atoms with E-state index >= 15 is 0 Å². The van der Waals surface area contributed by atoms with Crippen LogP contribution in [0.15, 0.2) is 105 Å². The van der Waals surface area contributed by atoms with Crippen molar-refractivity contribution in [3.8, 4) is 0 Å². The third kappa shape index (κ3) is 32.8. The first-order valence-corrected chi connectivity index (χ1v) is 35.9. The summed E-state index contributed by atoms with van der Waals surface area (Å²) in [5.41, 5.74) is 13.0. The van der Waals surface area contributed by atoms with Gasteiger partial charge < -0.3 is 93.8 Å². The van der Waals surface area contributed by atoms with Crippen LogP contribution in [0.5, 0.6) is 0 Å². The monoisotopic (exact) mass is 1360 g/mol. The molecule has 0 aromatic heterocycles. The number of ether oxygens (including phenoxy) is 5. The van der Waals surface area contributed by atoms with Crippen molar-refractivity contribution >= 4 is 19.8 Å². The minimum atomic E-state index is -5.23. The van der Waals surface area contributed by atoms with Gasteiger partial charge >= 0.3 is 0 Å². The quantitative estimate of drug-likeness (QED) is 0.0208. The molecule has 0 aliphatic carbocycles. The van der Waals surface area contributed by atoms with Crippen LogP contribution >= 0.6 is 7.82 Å². The standard InChI is InChI=1S/C73H121O21P/c1-46(2)23-13-24-47(3)25-14-26-48(4)27-15-28-49(5)29-16-30-50(6)31-17-32-51(7)33-18-34-52(8)35-19-36-53(9)37-20-38-54(10)39-21-40-55(11)41-22-42-56(12)43-44-88-95(86,87)94-73-64(81)60(77)65(57(45-74)89-73)90-72-63(80)61(78)66(68(93-72)70(84)85)91-71-62(79)58(75)59(76)67(92-71)69(82)83/h25,27,29,31,33,35,37,39,41,46,56-68,71-81H,13-24,26,28,30,32,34,36,38,40,42-45H2,1-12H3,(H,82,83)(H,84,85)(H,86,87)/p-3/b47-25+,48-27+,49-29-,50-31-,51-33-,52-35-,53-37-,54-39-,55-41-/t56?,57-,58+,59+,60-,61-,62-,63-,64-,65-,66+,67+,68+,71-,72-,73-/m1/s1. The van der Waals surface area contributed by atoms with E-state index in [4.69, 9.17) is 32.7 Å².